The van der Waals surface area contributed by atoms with E-state index >= 15 is 0 Å². The molecule has 2 aromatic rings. The molecule has 1 aliphatic heterocycles. The predicted octanol–water partition coefficient (Wildman–Crippen LogP) is 1.71. The van der Waals surface area contributed by atoms with Crippen LogP contribution >= 0.6 is 0 Å². The summed E-state index contributed by atoms with van der Waals surface area (Å²) in [6.45, 7) is 13.0. The van der Waals surface area contributed by atoms with Crippen LogP contribution in [-0.4, -0.2) is 102 Å². The molecule has 0 radical (unpaired) electrons. The molecule has 0 saturated carbocycles. The Labute approximate surface area is 192 Å². The van der Waals surface area contributed by atoms with Crippen LogP contribution in [0.1, 0.15) is 18.3 Å². The number of rotatable bonds is 12. The van der Waals surface area contributed by atoms with Gasteiger partial charge in [-0.25, -0.2) is 4.98 Å². The average molecular weight is 446 g/mol. The highest BCUT2D eigenvalue weighted by atomic mass is 16.5. The van der Waals surface area contributed by atoms with Crippen LogP contribution in [-0.2, 0) is 13.1 Å². The Bertz CT molecular complexity index is 820. The van der Waals surface area contributed by atoms with Gasteiger partial charge in [-0.05, 0) is 38.2 Å². The van der Waals surface area contributed by atoms with E-state index in [0.29, 0.717) is 18.0 Å². The van der Waals surface area contributed by atoms with Gasteiger partial charge in [0.1, 0.15) is 18.5 Å². The fraction of sp³-hybridized carbons (Fsp3) is 0.625. The zero-order valence-electron chi connectivity index (χ0n) is 20.0. The monoisotopic (exact) mass is 445 g/mol. The third kappa shape index (κ3) is 7.20. The summed E-state index contributed by atoms with van der Waals surface area (Å²) in [5.41, 5.74) is 1.16. The van der Waals surface area contributed by atoms with Gasteiger partial charge in [0.15, 0.2) is 11.5 Å². The van der Waals surface area contributed by atoms with E-state index in [9.17, 15) is 5.11 Å². The number of aliphatic hydroxyl groups is 1. The van der Waals surface area contributed by atoms with Gasteiger partial charge in [-0.15, -0.1) is 0 Å². The summed E-state index contributed by atoms with van der Waals surface area (Å²) in [6, 6.07) is 6.02. The smallest absolute Gasteiger partial charge is 0.161 e. The van der Waals surface area contributed by atoms with Gasteiger partial charge < -0.3 is 28.9 Å². The standard InChI is InChI=1S/C24H39N5O3/c1-5-27-11-13-28(14-12-27)18-22(30)19-32-23-7-6-21(16-24(23)31-4)17-26(3)10-15-29-9-8-25-20(29)2/h6-9,16,22,30H,5,10-15,17-19H2,1-4H3/t22-/m1/s1. The Morgan fingerprint density at radius 3 is 2.56 bits per heavy atom. The van der Waals surface area contributed by atoms with Crippen LogP contribution in [0.5, 0.6) is 11.5 Å². The SMILES string of the molecule is CCN1CCN(C[C@@H](O)COc2ccc(CN(C)CCn3ccnc3C)cc2OC)CC1. The Kier molecular flexibility index (Phi) is 9.35. The second-order valence-corrected chi connectivity index (χ2v) is 8.59. The van der Waals surface area contributed by atoms with Crippen LogP contribution in [0.25, 0.3) is 0 Å². The number of piperazine rings is 1. The quantitative estimate of drug-likeness (QED) is 0.534. The highest BCUT2D eigenvalue weighted by Gasteiger charge is 2.19. The summed E-state index contributed by atoms with van der Waals surface area (Å²) in [7, 11) is 3.76. The van der Waals surface area contributed by atoms with Gasteiger partial charge in [0.05, 0.1) is 7.11 Å². The third-order valence-electron chi connectivity index (χ3n) is 6.14. The second kappa shape index (κ2) is 12.2. The van der Waals surface area contributed by atoms with Crippen molar-refractivity contribution in [2.24, 2.45) is 0 Å². The van der Waals surface area contributed by atoms with E-state index in [4.69, 9.17) is 9.47 Å². The second-order valence-electron chi connectivity index (χ2n) is 8.59. The maximum Gasteiger partial charge on any atom is 0.161 e. The van der Waals surface area contributed by atoms with Crippen molar-refractivity contribution in [2.75, 3.05) is 66.6 Å². The Morgan fingerprint density at radius 1 is 1.16 bits per heavy atom. The predicted molar refractivity (Wildman–Crippen MR) is 126 cm³/mol. The number of aromatic nitrogens is 2. The van der Waals surface area contributed by atoms with Gasteiger partial charge >= 0.3 is 0 Å². The lowest BCUT2D eigenvalue weighted by molar-refractivity contribution is 0.0464. The molecule has 32 heavy (non-hydrogen) atoms. The Morgan fingerprint density at radius 2 is 1.91 bits per heavy atom. The first-order valence-corrected chi connectivity index (χ1v) is 11.6. The molecule has 1 aliphatic rings. The molecule has 1 fully saturated rings. The van der Waals surface area contributed by atoms with Crippen molar-refractivity contribution in [3.05, 3.63) is 42.0 Å². The van der Waals surface area contributed by atoms with E-state index < -0.39 is 6.10 Å². The number of hydrogen-bond donors (Lipinski definition) is 1. The fourth-order valence-electron chi connectivity index (χ4n) is 4.06. The van der Waals surface area contributed by atoms with Crippen LogP contribution in [0.2, 0.25) is 0 Å². The number of benzene rings is 1. The van der Waals surface area contributed by atoms with Crippen molar-refractivity contribution >= 4 is 0 Å². The topological polar surface area (TPSA) is 66.2 Å². The molecule has 1 aromatic carbocycles. The van der Waals surface area contributed by atoms with Gasteiger partial charge in [0.25, 0.3) is 0 Å². The summed E-state index contributed by atoms with van der Waals surface area (Å²) in [5.74, 6) is 2.40. The zero-order chi connectivity index (χ0) is 22.9. The molecule has 2 heterocycles. The average Bonchev–Trinajstić information content (AvgIpc) is 3.21. The first-order chi connectivity index (χ1) is 15.5. The Hall–Kier alpha value is -2.13. The van der Waals surface area contributed by atoms with Gasteiger partial charge in [-0.3, -0.25) is 4.90 Å². The molecule has 1 atom stereocenters. The van der Waals surface area contributed by atoms with Crippen LogP contribution in [0.15, 0.2) is 30.6 Å². The third-order valence-corrected chi connectivity index (χ3v) is 6.14. The number of nitrogens with zero attached hydrogens (tertiary/aromatic N) is 5. The largest absolute Gasteiger partial charge is 0.493 e. The molecule has 0 bridgehead atoms. The van der Waals surface area contributed by atoms with Gasteiger partial charge in [-0.2, -0.15) is 0 Å². The fourth-order valence-corrected chi connectivity index (χ4v) is 4.06. The highest BCUT2D eigenvalue weighted by molar-refractivity contribution is 5.43. The van der Waals surface area contributed by atoms with Crippen molar-refractivity contribution in [3.63, 3.8) is 0 Å². The van der Waals surface area contributed by atoms with Crippen LogP contribution in [0.3, 0.4) is 0 Å². The minimum atomic E-state index is -0.523. The lowest BCUT2D eigenvalue weighted by atomic mass is 10.2. The van der Waals surface area contributed by atoms with Crippen molar-refractivity contribution in [2.45, 2.75) is 33.0 Å². The normalized spacial score (nSPS) is 16.4. The maximum atomic E-state index is 10.4. The number of likely N-dealkylation sites (N-methyl/N-ethyl adjacent to an activating group) is 2. The molecule has 8 heteroatoms. The number of aliphatic hydroxyl groups excluding tert-OH is 1. The summed E-state index contributed by atoms with van der Waals surface area (Å²) < 4.78 is 13.6. The molecule has 0 aliphatic carbocycles. The minimum Gasteiger partial charge on any atom is -0.493 e. The van der Waals surface area contributed by atoms with E-state index in [1.807, 2.05) is 31.5 Å². The molecular weight excluding hydrogens is 406 g/mol. The minimum absolute atomic E-state index is 0.258. The van der Waals surface area contributed by atoms with Crippen LogP contribution < -0.4 is 9.47 Å². The van der Waals surface area contributed by atoms with Crippen LogP contribution in [0.4, 0.5) is 0 Å². The van der Waals surface area contributed by atoms with E-state index in [0.717, 1.165) is 63.7 Å². The Balaban J connectivity index is 1.45. The number of hydrogen-bond acceptors (Lipinski definition) is 7. The van der Waals surface area contributed by atoms with Crippen molar-refractivity contribution in [1.82, 2.24) is 24.3 Å². The van der Waals surface area contributed by atoms with E-state index in [2.05, 4.69) is 44.3 Å². The maximum absolute atomic E-state index is 10.4. The summed E-state index contributed by atoms with van der Waals surface area (Å²) in [5, 5.41) is 10.4. The molecule has 0 amide bonds. The lowest BCUT2D eigenvalue weighted by Crippen LogP contribution is -2.49. The molecule has 1 saturated heterocycles. The number of ether oxygens (including phenoxy) is 2. The van der Waals surface area contributed by atoms with E-state index in [-0.39, 0.29) is 6.61 Å². The molecule has 0 spiro atoms. The summed E-state index contributed by atoms with van der Waals surface area (Å²) >= 11 is 0. The van der Waals surface area contributed by atoms with Crippen molar-refractivity contribution in [1.29, 1.82) is 0 Å². The van der Waals surface area contributed by atoms with Crippen LogP contribution in [0, 0.1) is 6.92 Å². The molecule has 1 N–H and O–H groups in total. The number of methoxy groups -OCH3 is 1. The lowest BCUT2D eigenvalue weighted by Gasteiger charge is -2.34. The molecular formula is C24H39N5O3. The first kappa shape index (κ1) is 24.5. The van der Waals surface area contributed by atoms with Crippen molar-refractivity contribution < 1.29 is 14.6 Å². The summed E-state index contributed by atoms with van der Waals surface area (Å²) in [4.78, 5) is 11.3. The van der Waals surface area contributed by atoms with Gasteiger partial charge in [0, 0.05) is 64.8 Å². The molecule has 3 rings (SSSR count). The van der Waals surface area contributed by atoms with E-state index in [1.54, 1.807) is 7.11 Å². The number of β-amino-alcohol motifs (C(OH)–C–C–N with tert-alkyl or cyclic N) is 1. The van der Waals surface area contributed by atoms with Gasteiger partial charge in [-0.1, -0.05) is 13.0 Å². The van der Waals surface area contributed by atoms with E-state index in [1.165, 1.54) is 0 Å². The highest BCUT2D eigenvalue weighted by Crippen LogP contribution is 2.28. The van der Waals surface area contributed by atoms with Gasteiger partial charge in [0.2, 0.25) is 0 Å². The molecule has 178 valence electrons. The molecule has 8 nitrogen and oxygen atoms in total. The summed E-state index contributed by atoms with van der Waals surface area (Å²) in [6.07, 6.45) is 3.32. The first-order valence-electron chi connectivity index (χ1n) is 11.6. The van der Waals surface area contributed by atoms with Crippen molar-refractivity contribution in [3.8, 4) is 11.5 Å². The zero-order valence-corrected chi connectivity index (χ0v) is 20.0. The molecule has 0 unspecified atom stereocenters. The molecule has 1 aromatic heterocycles. The number of imidazole rings is 1. The number of aryl methyl sites for hydroxylation is 1.